The molecule has 0 saturated carbocycles. The smallest absolute Gasteiger partial charge is 0.335 e. The number of carbonyl (C=O) groups is 4. The predicted octanol–water partition coefficient (Wildman–Crippen LogP) is 6.73. The molecule has 0 aromatic heterocycles. The summed E-state index contributed by atoms with van der Waals surface area (Å²) in [7, 11) is 0. The number of halogens is 1. The molecule has 1 saturated heterocycles. The van der Waals surface area contributed by atoms with Crippen molar-refractivity contribution < 1.29 is 33.4 Å². The molecular weight excluding hydrogens is 666 g/mol. The molecule has 1 heterocycles. The Morgan fingerprint density at radius 3 is 2.38 bits per heavy atom. The maximum absolute atomic E-state index is 13.5. The minimum absolute atomic E-state index is 0.259. The van der Waals surface area contributed by atoms with Crippen molar-refractivity contribution in [3.8, 4) is 17.2 Å². The van der Waals surface area contributed by atoms with Crippen LogP contribution in [0, 0.1) is 13.8 Å². The molecule has 10 nitrogen and oxygen atoms in total. The third-order valence-corrected chi connectivity index (χ3v) is 7.69. The molecule has 1 aliphatic heterocycles. The molecule has 0 unspecified atom stereocenters. The summed E-state index contributed by atoms with van der Waals surface area (Å²) >= 11 is 3.47. The third kappa shape index (κ3) is 8.06. The van der Waals surface area contributed by atoms with E-state index in [0.717, 1.165) is 21.6 Å². The fourth-order valence-electron chi connectivity index (χ4n) is 4.76. The highest BCUT2D eigenvalue weighted by atomic mass is 79.9. The average Bonchev–Trinajstić information content (AvgIpc) is 3.04. The zero-order chi connectivity index (χ0) is 33.5. The van der Waals surface area contributed by atoms with Crippen LogP contribution in [0.1, 0.15) is 29.2 Å². The number of barbiturate groups is 1. The molecule has 0 spiro atoms. The lowest BCUT2D eigenvalue weighted by atomic mass is 10.1. The van der Waals surface area contributed by atoms with Gasteiger partial charge in [-0.25, -0.2) is 9.69 Å². The monoisotopic (exact) mass is 697 g/mol. The van der Waals surface area contributed by atoms with Gasteiger partial charge in [0.05, 0.1) is 16.8 Å². The Hall–Kier alpha value is -5.42. The lowest BCUT2D eigenvalue weighted by molar-refractivity contribution is -0.122. The first-order valence-electron chi connectivity index (χ1n) is 14.8. The quantitative estimate of drug-likeness (QED) is 0.132. The molecule has 0 aliphatic carbocycles. The summed E-state index contributed by atoms with van der Waals surface area (Å²) in [6, 6.07) is 24.2. The normalized spacial score (nSPS) is 13.7. The van der Waals surface area contributed by atoms with Crippen molar-refractivity contribution in [1.29, 1.82) is 0 Å². The minimum atomic E-state index is -0.867. The van der Waals surface area contributed by atoms with Gasteiger partial charge in [-0.15, -0.1) is 0 Å². The number of imide groups is 2. The van der Waals surface area contributed by atoms with Crippen LogP contribution in [0.3, 0.4) is 0 Å². The van der Waals surface area contributed by atoms with Crippen molar-refractivity contribution in [3.63, 3.8) is 0 Å². The van der Waals surface area contributed by atoms with Crippen molar-refractivity contribution >= 4 is 57.1 Å². The standard InChI is InChI=1S/C36H32BrN3O7/c1-4-45-31-19-25(18-29(37)33(31)47-21-32(41)38-30-16-22(2)10-11-23(30)3)17-28-34(42)39-36(44)40(35(28)43)26-12-14-27(15-13-26)46-20-24-8-6-5-7-9-24/h5-19H,4,20-21H2,1-3H3,(H,38,41)(H,39,42,44)/b28-17-. The van der Waals surface area contributed by atoms with E-state index in [0.29, 0.717) is 28.1 Å². The zero-order valence-electron chi connectivity index (χ0n) is 26.0. The van der Waals surface area contributed by atoms with Gasteiger partial charge in [0.2, 0.25) is 0 Å². The SMILES string of the molecule is CCOc1cc(/C=C2/C(=O)NC(=O)N(c3ccc(OCc4ccccc4)cc3)C2=O)cc(Br)c1OCC(=O)Nc1cc(C)ccc1C. The highest BCUT2D eigenvalue weighted by molar-refractivity contribution is 9.10. The molecule has 11 heteroatoms. The molecule has 0 atom stereocenters. The van der Waals surface area contributed by atoms with Gasteiger partial charge >= 0.3 is 6.03 Å². The molecule has 240 valence electrons. The lowest BCUT2D eigenvalue weighted by Crippen LogP contribution is -2.54. The number of ether oxygens (including phenoxy) is 3. The Morgan fingerprint density at radius 2 is 1.66 bits per heavy atom. The maximum Gasteiger partial charge on any atom is 0.335 e. The first kappa shape index (κ1) is 33.0. The molecule has 47 heavy (non-hydrogen) atoms. The van der Waals surface area contributed by atoms with Gasteiger partial charge in [-0.1, -0.05) is 42.5 Å². The molecule has 4 aromatic rings. The summed E-state index contributed by atoms with van der Waals surface area (Å²) in [5.74, 6) is -0.880. The number of hydrogen-bond acceptors (Lipinski definition) is 7. The van der Waals surface area contributed by atoms with Gasteiger partial charge in [0.15, 0.2) is 18.1 Å². The minimum Gasteiger partial charge on any atom is -0.490 e. The van der Waals surface area contributed by atoms with E-state index in [-0.39, 0.29) is 41.9 Å². The number of amides is 5. The van der Waals surface area contributed by atoms with Crippen molar-refractivity contribution in [2.75, 3.05) is 23.4 Å². The van der Waals surface area contributed by atoms with Gasteiger partial charge in [-0.05, 0) is 107 Å². The van der Waals surface area contributed by atoms with Crippen LogP contribution < -0.4 is 29.7 Å². The summed E-state index contributed by atoms with van der Waals surface area (Å²) in [5.41, 5.74) is 4.04. The van der Waals surface area contributed by atoms with Crippen molar-refractivity contribution in [3.05, 3.63) is 117 Å². The number of benzene rings is 4. The molecule has 2 N–H and O–H groups in total. The van der Waals surface area contributed by atoms with E-state index in [1.165, 1.54) is 6.08 Å². The summed E-state index contributed by atoms with van der Waals surface area (Å²) in [4.78, 5) is 52.7. The van der Waals surface area contributed by atoms with Crippen LogP contribution >= 0.6 is 15.9 Å². The van der Waals surface area contributed by atoms with Gasteiger partial charge in [0.25, 0.3) is 17.7 Å². The van der Waals surface area contributed by atoms with Gasteiger partial charge in [0, 0.05) is 5.69 Å². The largest absolute Gasteiger partial charge is 0.490 e. The summed E-state index contributed by atoms with van der Waals surface area (Å²) in [6.07, 6.45) is 1.36. The fourth-order valence-corrected chi connectivity index (χ4v) is 5.33. The molecule has 5 rings (SSSR count). The van der Waals surface area contributed by atoms with E-state index in [9.17, 15) is 19.2 Å². The number of aryl methyl sites for hydroxylation is 2. The van der Waals surface area contributed by atoms with Crippen LogP contribution in [0.5, 0.6) is 17.2 Å². The average molecular weight is 699 g/mol. The Bertz CT molecular complexity index is 1860. The summed E-state index contributed by atoms with van der Waals surface area (Å²) in [6.45, 7) is 5.97. The van der Waals surface area contributed by atoms with Crippen molar-refractivity contribution in [2.24, 2.45) is 0 Å². The Kier molecular flexibility index (Phi) is 10.4. The van der Waals surface area contributed by atoms with E-state index in [4.69, 9.17) is 14.2 Å². The van der Waals surface area contributed by atoms with E-state index in [1.54, 1.807) is 43.3 Å². The van der Waals surface area contributed by atoms with Crippen molar-refractivity contribution in [1.82, 2.24) is 5.32 Å². The van der Waals surface area contributed by atoms with Gasteiger partial charge < -0.3 is 19.5 Å². The number of carbonyl (C=O) groups excluding carboxylic acids is 4. The van der Waals surface area contributed by atoms with Crippen LogP contribution in [0.2, 0.25) is 0 Å². The molecule has 5 amide bonds. The summed E-state index contributed by atoms with van der Waals surface area (Å²) < 4.78 is 17.8. The first-order valence-corrected chi connectivity index (χ1v) is 15.6. The molecule has 1 fully saturated rings. The van der Waals surface area contributed by atoms with E-state index in [2.05, 4.69) is 26.6 Å². The van der Waals surface area contributed by atoms with E-state index >= 15 is 0 Å². The Labute approximate surface area is 280 Å². The summed E-state index contributed by atoms with van der Waals surface area (Å²) in [5, 5.41) is 5.09. The number of nitrogens with zero attached hydrogens (tertiary/aromatic N) is 1. The first-order chi connectivity index (χ1) is 22.6. The van der Waals surface area contributed by atoms with Gasteiger partial charge in [-0.2, -0.15) is 0 Å². The fraction of sp³-hybridized carbons (Fsp3) is 0.167. The Morgan fingerprint density at radius 1 is 0.915 bits per heavy atom. The maximum atomic E-state index is 13.5. The highest BCUT2D eigenvalue weighted by Gasteiger charge is 2.37. The third-order valence-electron chi connectivity index (χ3n) is 7.10. The second-order valence-electron chi connectivity index (χ2n) is 10.6. The van der Waals surface area contributed by atoms with Crippen LogP contribution in [0.15, 0.2) is 95.0 Å². The molecule has 0 radical (unpaired) electrons. The van der Waals surface area contributed by atoms with E-state index in [1.807, 2.05) is 62.4 Å². The molecule has 1 aliphatic rings. The van der Waals surface area contributed by atoms with Gasteiger partial charge in [0.1, 0.15) is 17.9 Å². The molecule has 0 bridgehead atoms. The lowest BCUT2D eigenvalue weighted by Gasteiger charge is -2.26. The van der Waals surface area contributed by atoms with Crippen LogP contribution in [-0.4, -0.2) is 37.0 Å². The number of nitrogens with one attached hydrogen (secondary N) is 2. The second-order valence-corrected chi connectivity index (χ2v) is 11.5. The number of hydrogen-bond donors (Lipinski definition) is 2. The van der Waals surface area contributed by atoms with Crippen LogP contribution in [0.4, 0.5) is 16.2 Å². The van der Waals surface area contributed by atoms with Crippen LogP contribution in [0.25, 0.3) is 6.08 Å². The Balaban J connectivity index is 1.32. The second kappa shape index (κ2) is 14.8. The number of urea groups is 1. The highest BCUT2D eigenvalue weighted by Crippen LogP contribution is 2.38. The van der Waals surface area contributed by atoms with Crippen LogP contribution in [-0.2, 0) is 21.0 Å². The van der Waals surface area contributed by atoms with Gasteiger partial charge in [-0.3, -0.25) is 19.7 Å². The zero-order valence-corrected chi connectivity index (χ0v) is 27.6. The van der Waals surface area contributed by atoms with Crippen molar-refractivity contribution in [2.45, 2.75) is 27.4 Å². The topological polar surface area (TPSA) is 123 Å². The molecular formula is C36H32BrN3O7. The predicted molar refractivity (Wildman–Crippen MR) is 182 cm³/mol. The molecule has 4 aromatic carbocycles. The van der Waals surface area contributed by atoms with E-state index < -0.39 is 17.8 Å². The number of anilines is 2. The number of rotatable bonds is 11.